The van der Waals surface area contributed by atoms with Gasteiger partial charge in [0.25, 0.3) is 0 Å². The number of primary sulfonamides is 1. The van der Waals surface area contributed by atoms with E-state index in [0.29, 0.717) is 19.8 Å². The van der Waals surface area contributed by atoms with Crippen LogP contribution in [0.1, 0.15) is 19.3 Å². The number of piperidine rings is 1. The molecule has 2 rings (SSSR count). The first-order valence-electron chi connectivity index (χ1n) is 6.95. The maximum Gasteiger partial charge on any atom is 0.209 e. The van der Waals surface area contributed by atoms with Gasteiger partial charge in [0.2, 0.25) is 10.0 Å². The number of nitrogens with zero attached hydrogens (tertiary/aromatic N) is 1. The first kappa shape index (κ1) is 15.2. The van der Waals surface area contributed by atoms with Crippen molar-refractivity contribution in [1.82, 2.24) is 4.90 Å². The molecule has 0 spiro atoms. The standard InChI is InChI=1S/C12H24N2O4S/c13-19(15,16)10-11-1-4-14(5-2-11)6-3-12-9-17-7-8-18-12/h11-12H,1-10H2,(H2,13,15,16). The monoisotopic (exact) mass is 292 g/mol. The minimum absolute atomic E-state index is 0.125. The molecule has 0 aromatic rings. The molecule has 2 saturated heterocycles. The average Bonchev–Trinajstić information content (AvgIpc) is 2.37. The van der Waals surface area contributed by atoms with E-state index >= 15 is 0 Å². The highest BCUT2D eigenvalue weighted by molar-refractivity contribution is 7.89. The minimum atomic E-state index is -3.33. The number of sulfonamides is 1. The van der Waals surface area contributed by atoms with E-state index in [0.717, 1.165) is 38.9 Å². The zero-order valence-electron chi connectivity index (χ0n) is 11.3. The quantitative estimate of drug-likeness (QED) is 0.758. The molecule has 1 unspecified atom stereocenters. The van der Waals surface area contributed by atoms with Gasteiger partial charge < -0.3 is 14.4 Å². The summed E-state index contributed by atoms with van der Waals surface area (Å²) in [7, 11) is -3.33. The minimum Gasteiger partial charge on any atom is -0.376 e. The zero-order chi connectivity index (χ0) is 13.7. The number of nitrogens with two attached hydrogens (primary N) is 1. The Labute approximate surface area is 115 Å². The van der Waals surface area contributed by atoms with Gasteiger partial charge in [-0.15, -0.1) is 0 Å². The molecule has 2 N–H and O–H groups in total. The van der Waals surface area contributed by atoms with E-state index in [4.69, 9.17) is 14.6 Å². The van der Waals surface area contributed by atoms with Gasteiger partial charge in [-0.25, -0.2) is 13.6 Å². The second-order valence-corrected chi connectivity index (χ2v) is 7.13. The Morgan fingerprint density at radius 1 is 1.21 bits per heavy atom. The summed E-state index contributed by atoms with van der Waals surface area (Å²) < 4.78 is 33.1. The summed E-state index contributed by atoms with van der Waals surface area (Å²) in [6, 6.07) is 0. The molecule has 1 atom stereocenters. The van der Waals surface area contributed by atoms with Crippen LogP contribution in [0.5, 0.6) is 0 Å². The lowest BCUT2D eigenvalue weighted by Crippen LogP contribution is -2.39. The van der Waals surface area contributed by atoms with E-state index in [9.17, 15) is 8.42 Å². The van der Waals surface area contributed by atoms with Crippen LogP contribution in [0.2, 0.25) is 0 Å². The lowest BCUT2D eigenvalue weighted by Gasteiger charge is -2.33. The molecule has 19 heavy (non-hydrogen) atoms. The first-order chi connectivity index (χ1) is 9.03. The molecule has 0 radical (unpaired) electrons. The Kier molecular flexibility index (Phi) is 5.58. The van der Waals surface area contributed by atoms with Gasteiger partial charge in [-0.05, 0) is 38.3 Å². The van der Waals surface area contributed by atoms with Crippen molar-refractivity contribution >= 4 is 10.0 Å². The lowest BCUT2D eigenvalue weighted by molar-refractivity contribution is -0.0930. The third kappa shape index (κ3) is 5.74. The van der Waals surface area contributed by atoms with Crippen molar-refractivity contribution in [3.8, 4) is 0 Å². The number of ether oxygens (including phenoxy) is 2. The fourth-order valence-electron chi connectivity index (χ4n) is 2.74. The fraction of sp³-hybridized carbons (Fsp3) is 1.00. The van der Waals surface area contributed by atoms with Crippen molar-refractivity contribution in [3.63, 3.8) is 0 Å². The molecular weight excluding hydrogens is 268 g/mol. The van der Waals surface area contributed by atoms with Gasteiger partial charge in [0.15, 0.2) is 0 Å². The van der Waals surface area contributed by atoms with E-state index in [-0.39, 0.29) is 17.8 Å². The molecular formula is C12H24N2O4S. The van der Waals surface area contributed by atoms with Crippen molar-refractivity contribution in [2.45, 2.75) is 25.4 Å². The summed E-state index contributed by atoms with van der Waals surface area (Å²) in [6.07, 6.45) is 3.03. The third-order valence-electron chi connectivity index (χ3n) is 3.83. The van der Waals surface area contributed by atoms with Crippen molar-refractivity contribution in [1.29, 1.82) is 0 Å². The van der Waals surface area contributed by atoms with Crippen LogP contribution in [-0.2, 0) is 19.5 Å². The second kappa shape index (κ2) is 6.99. The Balaban J connectivity index is 1.63. The van der Waals surface area contributed by atoms with E-state index < -0.39 is 10.0 Å². The highest BCUT2D eigenvalue weighted by Crippen LogP contribution is 2.19. The van der Waals surface area contributed by atoms with Gasteiger partial charge in [0.05, 0.1) is 31.7 Å². The summed E-state index contributed by atoms with van der Waals surface area (Å²) in [5.74, 6) is 0.348. The average molecular weight is 292 g/mol. The van der Waals surface area contributed by atoms with Crippen molar-refractivity contribution in [3.05, 3.63) is 0 Å². The lowest BCUT2D eigenvalue weighted by atomic mass is 9.99. The topological polar surface area (TPSA) is 81.9 Å². The van der Waals surface area contributed by atoms with Crippen LogP contribution in [0.25, 0.3) is 0 Å². The van der Waals surface area contributed by atoms with Gasteiger partial charge in [-0.1, -0.05) is 0 Å². The number of rotatable bonds is 5. The highest BCUT2D eigenvalue weighted by atomic mass is 32.2. The first-order valence-corrected chi connectivity index (χ1v) is 8.66. The predicted molar refractivity (Wildman–Crippen MR) is 72.3 cm³/mol. The van der Waals surface area contributed by atoms with Crippen LogP contribution in [-0.4, -0.2) is 64.6 Å². The van der Waals surface area contributed by atoms with Gasteiger partial charge in [0, 0.05) is 6.54 Å². The van der Waals surface area contributed by atoms with Crippen molar-refractivity contribution < 1.29 is 17.9 Å². The van der Waals surface area contributed by atoms with Gasteiger partial charge in [0.1, 0.15) is 0 Å². The molecule has 2 heterocycles. The Morgan fingerprint density at radius 3 is 2.53 bits per heavy atom. The molecule has 0 saturated carbocycles. The summed E-state index contributed by atoms with van der Waals surface area (Å²) in [4.78, 5) is 2.37. The predicted octanol–water partition coefficient (Wildman–Crippen LogP) is -0.208. The molecule has 0 bridgehead atoms. The molecule has 2 aliphatic heterocycles. The maximum absolute atomic E-state index is 11.0. The number of hydrogen-bond acceptors (Lipinski definition) is 5. The van der Waals surface area contributed by atoms with Crippen LogP contribution < -0.4 is 5.14 Å². The zero-order valence-corrected chi connectivity index (χ0v) is 12.1. The van der Waals surface area contributed by atoms with Crippen LogP contribution in [0.3, 0.4) is 0 Å². The van der Waals surface area contributed by atoms with E-state index in [2.05, 4.69) is 4.90 Å². The largest absolute Gasteiger partial charge is 0.376 e. The maximum atomic E-state index is 11.0. The Hall–Kier alpha value is -0.210. The molecule has 2 fully saturated rings. The molecule has 0 amide bonds. The van der Waals surface area contributed by atoms with Crippen LogP contribution in [0.15, 0.2) is 0 Å². The van der Waals surface area contributed by atoms with E-state index in [1.165, 1.54) is 0 Å². The van der Waals surface area contributed by atoms with Gasteiger partial charge in [-0.3, -0.25) is 0 Å². The van der Waals surface area contributed by atoms with Gasteiger partial charge in [-0.2, -0.15) is 0 Å². The van der Waals surface area contributed by atoms with E-state index in [1.54, 1.807) is 0 Å². The molecule has 0 aromatic heterocycles. The normalized spacial score (nSPS) is 27.5. The number of hydrogen-bond donors (Lipinski definition) is 1. The molecule has 6 nitrogen and oxygen atoms in total. The van der Waals surface area contributed by atoms with Crippen LogP contribution >= 0.6 is 0 Å². The summed E-state index contributed by atoms with van der Waals surface area (Å²) in [5, 5.41) is 5.09. The summed E-state index contributed by atoms with van der Waals surface area (Å²) >= 11 is 0. The number of likely N-dealkylation sites (tertiary alicyclic amines) is 1. The molecule has 7 heteroatoms. The van der Waals surface area contributed by atoms with Crippen LogP contribution in [0.4, 0.5) is 0 Å². The van der Waals surface area contributed by atoms with Crippen molar-refractivity contribution in [2.75, 3.05) is 45.2 Å². The van der Waals surface area contributed by atoms with Gasteiger partial charge >= 0.3 is 0 Å². The SMILES string of the molecule is NS(=O)(=O)CC1CCN(CCC2COCCO2)CC1. The van der Waals surface area contributed by atoms with E-state index in [1.807, 2.05) is 0 Å². The summed E-state index contributed by atoms with van der Waals surface area (Å²) in [6.45, 7) is 5.00. The molecule has 0 aliphatic carbocycles. The van der Waals surface area contributed by atoms with Crippen molar-refractivity contribution in [2.24, 2.45) is 11.1 Å². The highest BCUT2D eigenvalue weighted by Gasteiger charge is 2.23. The Bertz CT molecular complexity index is 360. The smallest absolute Gasteiger partial charge is 0.209 e. The Morgan fingerprint density at radius 2 is 1.95 bits per heavy atom. The summed E-state index contributed by atoms with van der Waals surface area (Å²) in [5.41, 5.74) is 0. The third-order valence-corrected chi connectivity index (χ3v) is 4.76. The molecule has 2 aliphatic rings. The van der Waals surface area contributed by atoms with Crippen LogP contribution in [0, 0.1) is 5.92 Å². The fourth-order valence-corrected chi connectivity index (χ4v) is 3.73. The molecule has 0 aromatic carbocycles. The second-order valence-electron chi connectivity index (χ2n) is 5.47. The molecule has 112 valence electrons.